The average molecular weight is 474 g/mol. The fourth-order valence-corrected chi connectivity index (χ4v) is 8.75. The SMILES string of the molecule is Cc1c(-c2[nH]c3sc([C@@H]4CC5C[C@H]4CN5C4CCC4)c(C)c3c2C(C)C)cn2ncnc2c1C. The van der Waals surface area contributed by atoms with Crippen LogP contribution >= 0.6 is 11.3 Å². The molecule has 1 N–H and O–H groups in total. The number of likely N-dealkylation sites (tertiary alicyclic amines) is 1. The highest BCUT2D eigenvalue weighted by atomic mass is 32.1. The number of fused-ring (bicyclic) bond motifs is 4. The maximum atomic E-state index is 4.46. The number of hydrogen-bond donors (Lipinski definition) is 1. The molecule has 0 spiro atoms. The molecule has 1 saturated heterocycles. The highest BCUT2D eigenvalue weighted by molar-refractivity contribution is 7.19. The molecule has 3 aliphatic rings. The summed E-state index contributed by atoms with van der Waals surface area (Å²) in [5.74, 6) is 2.06. The van der Waals surface area contributed by atoms with Crippen molar-refractivity contribution in [2.45, 2.75) is 90.6 Å². The standard InChI is InChI=1S/C28H35N5S/c1-14(2)23-24-17(5)26(21-10-20-9-18(21)11-32(20)19-7-6-8-19)34-28(24)31-25(23)22-12-33-27(29-13-30-33)16(4)15(22)3/h12-14,18-21,31H,6-11H2,1-5H3/t18-,20?,21+/m0/s1. The summed E-state index contributed by atoms with van der Waals surface area (Å²) < 4.78 is 1.93. The number of aromatic nitrogens is 4. The third-order valence-electron chi connectivity index (χ3n) is 9.40. The lowest BCUT2D eigenvalue weighted by molar-refractivity contribution is 0.0873. The van der Waals surface area contributed by atoms with E-state index in [0.29, 0.717) is 5.92 Å². The topological polar surface area (TPSA) is 49.2 Å². The monoisotopic (exact) mass is 473 g/mol. The van der Waals surface area contributed by atoms with Gasteiger partial charge in [-0.15, -0.1) is 11.3 Å². The Labute approximate surface area is 205 Å². The Bertz CT molecular complexity index is 1420. The second-order valence-electron chi connectivity index (χ2n) is 11.5. The number of H-pyrrole nitrogens is 1. The van der Waals surface area contributed by atoms with Gasteiger partial charge in [0.15, 0.2) is 5.65 Å². The summed E-state index contributed by atoms with van der Waals surface area (Å²) in [6.07, 6.45) is 10.9. The van der Waals surface area contributed by atoms with Crippen molar-refractivity contribution in [1.29, 1.82) is 0 Å². The molecular formula is C28H35N5S. The number of rotatable bonds is 4. The Morgan fingerprint density at radius 2 is 1.88 bits per heavy atom. The second-order valence-corrected chi connectivity index (χ2v) is 12.5. The average Bonchev–Trinajstić information content (AvgIpc) is 3.56. The van der Waals surface area contributed by atoms with Gasteiger partial charge in [-0.25, -0.2) is 9.50 Å². The molecule has 178 valence electrons. The van der Waals surface area contributed by atoms with Gasteiger partial charge in [-0.3, -0.25) is 4.90 Å². The molecule has 2 aliphatic carbocycles. The molecule has 3 fully saturated rings. The molecule has 1 unspecified atom stereocenters. The minimum atomic E-state index is 0.449. The number of piperidine rings is 1. The first-order valence-electron chi connectivity index (χ1n) is 13.1. The summed E-state index contributed by atoms with van der Waals surface area (Å²) >= 11 is 2.04. The fourth-order valence-electron chi connectivity index (χ4n) is 7.32. The van der Waals surface area contributed by atoms with Crippen LogP contribution in [0.15, 0.2) is 12.5 Å². The molecular weight excluding hydrogens is 438 g/mol. The molecule has 34 heavy (non-hydrogen) atoms. The van der Waals surface area contributed by atoms with Crippen molar-refractivity contribution in [2.24, 2.45) is 5.92 Å². The minimum Gasteiger partial charge on any atom is -0.346 e. The van der Waals surface area contributed by atoms with Crippen LogP contribution in [0.2, 0.25) is 0 Å². The summed E-state index contributed by atoms with van der Waals surface area (Å²) in [6, 6.07) is 1.74. The van der Waals surface area contributed by atoms with Gasteiger partial charge in [0.2, 0.25) is 0 Å². The van der Waals surface area contributed by atoms with E-state index in [-0.39, 0.29) is 0 Å². The van der Waals surface area contributed by atoms with Gasteiger partial charge in [0.1, 0.15) is 11.2 Å². The fraction of sp³-hybridized carbons (Fsp3) is 0.571. The van der Waals surface area contributed by atoms with E-state index in [4.69, 9.17) is 0 Å². The normalized spacial score (nSPS) is 25.4. The molecule has 5 nitrogen and oxygen atoms in total. The van der Waals surface area contributed by atoms with Crippen LogP contribution in [0, 0.1) is 26.7 Å². The number of aryl methyl sites for hydroxylation is 2. The molecule has 4 aromatic heterocycles. The molecule has 2 saturated carbocycles. The van der Waals surface area contributed by atoms with Crippen molar-refractivity contribution >= 4 is 27.2 Å². The summed E-state index contributed by atoms with van der Waals surface area (Å²) in [4.78, 5) is 14.3. The number of hydrogen-bond acceptors (Lipinski definition) is 4. The van der Waals surface area contributed by atoms with E-state index in [0.717, 1.165) is 29.6 Å². The number of thiophene rings is 1. The van der Waals surface area contributed by atoms with Crippen molar-refractivity contribution in [3.8, 4) is 11.3 Å². The highest BCUT2D eigenvalue weighted by Gasteiger charge is 2.49. The van der Waals surface area contributed by atoms with Crippen LogP contribution in [0.1, 0.15) is 84.9 Å². The van der Waals surface area contributed by atoms with Gasteiger partial charge in [-0.05, 0) is 86.5 Å². The number of aromatic amines is 1. The van der Waals surface area contributed by atoms with Crippen molar-refractivity contribution < 1.29 is 0 Å². The molecule has 1 aliphatic heterocycles. The smallest absolute Gasteiger partial charge is 0.158 e. The first kappa shape index (κ1) is 21.1. The molecule has 6 heteroatoms. The highest BCUT2D eigenvalue weighted by Crippen LogP contribution is 2.54. The van der Waals surface area contributed by atoms with E-state index in [1.807, 2.05) is 15.9 Å². The van der Waals surface area contributed by atoms with E-state index < -0.39 is 0 Å². The van der Waals surface area contributed by atoms with Crippen molar-refractivity contribution in [1.82, 2.24) is 24.5 Å². The first-order valence-corrected chi connectivity index (χ1v) is 13.9. The Hall–Kier alpha value is -2.18. The van der Waals surface area contributed by atoms with Crippen LogP contribution in [-0.4, -0.2) is 43.1 Å². The zero-order valence-electron chi connectivity index (χ0n) is 21.0. The van der Waals surface area contributed by atoms with Gasteiger partial charge in [0.05, 0.1) is 5.69 Å². The largest absolute Gasteiger partial charge is 0.346 e. The predicted octanol–water partition coefficient (Wildman–Crippen LogP) is 6.72. The van der Waals surface area contributed by atoms with E-state index in [1.54, 1.807) is 11.2 Å². The maximum absolute atomic E-state index is 4.46. The molecule has 3 atom stereocenters. The van der Waals surface area contributed by atoms with Crippen LogP contribution in [0.4, 0.5) is 0 Å². The molecule has 5 heterocycles. The number of nitrogens with one attached hydrogen (secondary N) is 1. The van der Waals surface area contributed by atoms with Gasteiger partial charge in [0.25, 0.3) is 0 Å². The van der Waals surface area contributed by atoms with Gasteiger partial charge in [-0.1, -0.05) is 20.3 Å². The lowest BCUT2D eigenvalue weighted by Gasteiger charge is -2.41. The third-order valence-corrected chi connectivity index (χ3v) is 10.7. The number of nitrogens with zero attached hydrogens (tertiary/aromatic N) is 4. The van der Waals surface area contributed by atoms with Gasteiger partial charge < -0.3 is 4.98 Å². The lowest BCUT2D eigenvalue weighted by atomic mass is 9.86. The predicted molar refractivity (Wildman–Crippen MR) is 140 cm³/mol. The van der Waals surface area contributed by atoms with E-state index in [9.17, 15) is 0 Å². The van der Waals surface area contributed by atoms with Gasteiger partial charge in [-0.2, -0.15) is 5.10 Å². The van der Waals surface area contributed by atoms with Crippen molar-refractivity contribution in [3.05, 3.63) is 39.7 Å². The molecule has 0 radical (unpaired) electrons. The first-order chi connectivity index (χ1) is 16.4. The van der Waals surface area contributed by atoms with E-state index in [2.05, 4.69) is 60.8 Å². The van der Waals surface area contributed by atoms with Crippen molar-refractivity contribution in [3.63, 3.8) is 0 Å². The van der Waals surface area contributed by atoms with Crippen LogP contribution in [0.25, 0.3) is 27.1 Å². The zero-order valence-corrected chi connectivity index (χ0v) is 21.8. The Morgan fingerprint density at radius 3 is 2.56 bits per heavy atom. The molecule has 2 bridgehead atoms. The summed E-state index contributed by atoms with van der Waals surface area (Å²) in [7, 11) is 0. The van der Waals surface area contributed by atoms with E-state index in [1.165, 1.54) is 82.4 Å². The van der Waals surface area contributed by atoms with Crippen LogP contribution in [-0.2, 0) is 0 Å². The van der Waals surface area contributed by atoms with Crippen LogP contribution < -0.4 is 0 Å². The minimum absolute atomic E-state index is 0.449. The molecule has 7 rings (SSSR count). The summed E-state index contributed by atoms with van der Waals surface area (Å²) in [5, 5.41) is 5.93. The third kappa shape index (κ3) is 2.81. The lowest BCUT2D eigenvalue weighted by Crippen LogP contribution is -2.45. The Kier molecular flexibility index (Phi) is 4.60. The van der Waals surface area contributed by atoms with E-state index >= 15 is 0 Å². The number of pyridine rings is 1. The molecule has 0 amide bonds. The van der Waals surface area contributed by atoms with Crippen LogP contribution in [0.3, 0.4) is 0 Å². The molecule has 4 aromatic rings. The Balaban J connectivity index is 1.31. The summed E-state index contributed by atoms with van der Waals surface area (Å²) in [5.41, 5.74) is 8.97. The summed E-state index contributed by atoms with van der Waals surface area (Å²) in [6.45, 7) is 12.8. The van der Waals surface area contributed by atoms with Gasteiger partial charge in [0, 0.05) is 40.7 Å². The maximum Gasteiger partial charge on any atom is 0.158 e. The zero-order chi connectivity index (χ0) is 23.3. The van der Waals surface area contributed by atoms with Crippen LogP contribution in [0.5, 0.6) is 0 Å². The second kappa shape index (κ2) is 7.41. The van der Waals surface area contributed by atoms with Gasteiger partial charge >= 0.3 is 0 Å². The molecule has 0 aromatic carbocycles. The van der Waals surface area contributed by atoms with Crippen molar-refractivity contribution in [2.75, 3.05) is 6.54 Å². The quantitative estimate of drug-likeness (QED) is 0.358. The Morgan fingerprint density at radius 1 is 1.06 bits per heavy atom.